The third-order valence-corrected chi connectivity index (χ3v) is 5.34. The number of rotatable bonds is 4. The molecule has 2 aliphatic heterocycles. The van der Waals surface area contributed by atoms with Gasteiger partial charge in [-0.2, -0.15) is 0 Å². The van der Waals surface area contributed by atoms with Gasteiger partial charge in [0.05, 0.1) is 5.92 Å². The monoisotopic (exact) mass is 314 g/mol. The minimum Gasteiger partial charge on any atom is -0.339 e. The average Bonchev–Trinajstić information content (AvgIpc) is 3.08. The van der Waals surface area contributed by atoms with Crippen LogP contribution in [0.3, 0.4) is 0 Å². The number of fused-ring (bicyclic) bond motifs is 1. The number of amides is 2. The molecule has 23 heavy (non-hydrogen) atoms. The quantitative estimate of drug-likeness (QED) is 0.857. The van der Waals surface area contributed by atoms with E-state index in [2.05, 4.69) is 26.8 Å². The molecule has 1 saturated heterocycles. The summed E-state index contributed by atoms with van der Waals surface area (Å²) in [5, 5.41) is 0. The summed E-state index contributed by atoms with van der Waals surface area (Å²) in [7, 11) is 0. The molecule has 1 fully saturated rings. The van der Waals surface area contributed by atoms with Crippen molar-refractivity contribution in [2.75, 3.05) is 11.4 Å². The van der Waals surface area contributed by atoms with E-state index in [-0.39, 0.29) is 29.8 Å². The lowest BCUT2D eigenvalue weighted by molar-refractivity contribution is -0.130. The molecule has 2 aliphatic rings. The van der Waals surface area contributed by atoms with Crippen molar-refractivity contribution in [1.82, 2.24) is 4.90 Å². The first-order chi connectivity index (χ1) is 11.1. The Labute approximate surface area is 138 Å². The first-order valence-corrected chi connectivity index (χ1v) is 8.77. The second-order valence-electron chi connectivity index (χ2n) is 6.81. The second kappa shape index (κ2) is 6.34. The molecule has 2 unspecified atom stereocenters. The topological polar surface area (TPSA) is 40.6 Å². The molecule has 2 heterocycles. The van der Waals surface area contributed by atoms with Crippen molar-refractivity contribution < 1.29 is 9.59 Å². The van der Waals surface area contributed by atoms with Gasteiger partial charge in [-0.15, -0.1) is 0 Å². The third kappa shape index (κ3) is 2.75. The highest BCUT2D eigenvalue weighted by Gasteiger charge is 2.41. The van der Waals surface area contributed by atoms with Crippen molar-refractivity contribution in [3.63, 3.8) is 0 Å². The van der Waals surface area contributed by atoms with Crippen molar-refractivity contribution in [2.24, 2.45) is 5.92 Å². The maximum atomic E-state index is 13.1. The van der Waals surface area contributed by atoms with Gasteiger partial charge in [-0.3, -0.25) is 9.59 Å². The Morgan fingerprint density at radius 3 is 2.61 bits per heavy atom. The number of likely N-dealkylation sites (tertiary alicyclic amines) is 1. The summed E-state index contributed by atoms with van der Waals surface area (Å²) >= 11 is 0. The molecule has 0 spiro atoms. The standard InChI is InChI=1S/C19H26N2O2/c1-4-16(5-2)20-12-15(11-18(20)22)19(23)21-13(3)10-14-8-6-7-9-17(14)21/h6-9,13,15-16H,4-5,10-12H2,1-3H3. The van der Waals surface area contributed by atoms with Crippen LogP contribution in [0.2, 0.25) is 0 Å². The summed E-state index contributed by atoms with van der Waals surface area (Å²) in [4.78, 5) is 29.2. The lowest BCUT2D eigenvalue weighted by atomic mass is 10.1. The fourth-order valence-electron chi connectivity index (χ4n) is 4.08. The van der Waals surface area contributed by atoms with E-state index in [1.54, 1.807) is 0 Å². The van der Waals surface area contributed by atoms with E-state index in [0.29, 0.717) is 13.0 Å². The molecule has 0 radical (unpaired) electrons. The highest BCUT2D eigenvalue weighted by Crippen LogP contribution is 2.35. The Morgan fingerprint density at radius 1 is 1.22 bits per heavy atom. The largest absolute Gasteiger partial charge is 0.339 e. The maximum Gasteiger partial charge on any atom is 0.232 e. The van der Waals surface area contributed by atoms with Gasteiger partial charge in [-0.25, -0.2) is 0 Å². The van der Waals surface area contributed by atoms with Crippen LogP contribution in [-0.4, -0.2) is 35.3 Å². The third-order valence-electron chi connectivity index (χ3n) is 5.34. The van der Waals surface area contributed by atoms with Crippen molar-refractivity contribution in [1.29, 1.82) is 0 Å². The van der Waals surface area contributed by atoms with Crippen LogP contribution in [0.5, 0.6) is 0 Å². The lowest BCUT2D eigenvalue weighted by Gasteiger charge is -2.28. The molecule has 0 aromatic heterocycles. The van der Waals surface area contributed by atoms with Gasteiger partial charge in [0.2, 0.25) is 11.8 Å². The summed E-state index contributed by atoms with van der Waals surface area (Å²) in [5.41, 5.74) is 2.26. The van der Waals surface area contributed by atoms with E-state index in [9.17, 15) is 9.59 Å². The van der Waals surface area contributed by atoms with E-state index >= 15 is 0 Å². The fourth-order valence-corrected chi connectivity index (χ4v) is 4.08. The Morgan fingerprint density at radius 2 is 1.91 bits per heavy atom. The Balaban J connectivity index is 1.78. The average molecular weight is 314 g/mol. The lowest BCUT2D eigenvalue weighted by Crippen LogP contribution is -2.42. The second-order valence-corrected chi connectivity index (χ2v) is 6.81. The number of nitrogens with zero attached hydrogens (tertiary/aromatic N) is 2. The predicted molar refractivity (Wildman–Crippen MR) is 91.3 cm³/mol. The Hall–Kier alpha value is -1.84. The van der Waals surface area contributed by atoms with Crippen LogP contribution in [0.4, 0.5) is 5.69 Å². The minimum absolute atomic E-state index is 0.115. The van der Waals surface area contributed by atoms with Gasteiger partial charge in [0.15, 0.2) is 0 Å². The van der Waals surface area contributed by atoms with Gasteiger partial charge >= 0.3 is 0 Å². The number of hydrogen-bond donors (Lipinski definition) is 0. The number of hydrogen-bond acceptors (Lipinski definition) is 2. The Bertz CT molecular complexity index is 609. The fraction of sp³-hybridized carbons (Fsp3) is 0.579. The molecule has 0 saturated carbocycles. The van der Waals surface area contributed by atoms with Crippen LogP contribution in [0.25, 0.3) is 0 Å². The molecule has 124 valence electrons. The first kappa shape index (κ1) is 16.0. The molecule has 1 aromatic carbocycles. The van der Waals surface area contributed by atoms with E-state index in [0.717, 1.165) is 24.9 Å². The molecule has 0 bridgehead atoms. The van der Waals surface area contributed by atoms with E-state index in [1.807, 2.05) is 28.0 Å². The van der Waals surface area contributed by atoms with Crippen molar-refractivity contribution >= 4 is 17.5 Å². The molecule has 1 aromatic rings. The SMILES string of the molecule is CCC(CC)N1CC(C(=O)N2c3ccccc3CC2C)CC1=O. The Kier molecular flexibility index (Phi) is 4.42. The van der Waals surface area contributed by atoms with E-state index in [1.165, 1.54) is 5.56 Å². The summed E-state index contributed by atoms with van der Waals surface area (Å²) in [5.74, 6) is 0.0538. The molecule has 3 rings (SSSR count). The molecule has 4 heteroatoms. The van der Waals surface area contributed by atoms with Gasteiger partial charge in [0.1, 0.15) is 0 Å². The van der Waals surface area contributed by atoms with Crippen LogP contribution in [-0.2, 0) is 16.0 Å². The van der Waals surface area contributed by atoms with Crippen molar-refractivity contribution in [3.8, 4) is 0 Å². The normalized spacial score (nSPS) is 23.7. The van der Waals surface area contributed by atoms with Gasteiger partial charge in [0.25, 0.3) is 0 Å². The summed E-state index contributed by atoms with van der Waals surface area (Å²) in [6.45, 7) is 6.88. The highest BCUT2D eigenvalue weighted by molar-refractivity contribution is 6.01. The van der Waals surface area contributed by atoms with Gasteiger partial charge in [-0.05, 0) is 37.8 Å². The molecule has 2 atom stereocenters. The van der Waals surface area contributed by atoms with E-state index in [4.69, 9.17) is 0 Å². The molecule has 0 aliphatic carbocycles. The number of para-hydroxylation sites is 1. The minimum atomic E-state index is -0.197. The highest BCUT2D eigenvalue weighted by atomic mass is 16.2. The molecular formula is C19H26N2O2. The summed E-state index contributed by atoms with van der Waals surface area (Å²) in [6.07, 6.45) is 3.16. The summed E-state index contributed by atoms with van der Waals surface area (Å²) in [6, 6.07) is 8.56. The van der Waals surface area contributed by atoms with Crippen molar-refractivity contribution in [3.05, 3.63) is 29.8 Å². The van der Waals surface area contributed by atoms with Gasteiger partial charge in [0, 0.05) is 30.7 Å². The van der Waals surface area contributed by atoms with Crippen molar-refractivity contribution in [2.45, 2.75) is 58.5 Å². The number of benzene rings is 1. The van der Waals surface area contributed by atoms with Crippen LogP contribution in [0, 0.1) is 5.92 Å². The van der Waals surface area contributed by atoms with Gasteiger partial charge < -0.3 is 9.80 Å². The number of carbonyl (C=O) groups is 2. The van der Waals surface area contributed by atoms with Crippen LogP contribution in [0.1, 0.15) is 45.6 Å². The molecule has 0 N–H and O–H groups in total. The van der Waals surface area contributed by atoms with Crippen LogP contribution < -0.4 is 4.90 Å². The predicted octanol–water partition coefficient (Wildman–Crippen LogP) is 3.00. The molecule has 4 nitrogen and oxygen atoms in total. The zero-order valence-electron chi connectivity index (χ0n) is 14.3. The van der Waals surface area contributed by atoms with E-state index < -0.39 is 0 Å². The zero-order chi connectivity index (χ0) is 16.6. The number of anilines is 1. The smallest absolute Gasteiger partial charge is 0.232 e. The van der Waals surface area contributed by atoms with Gasteiger partial charge in [-0.1, -0.05) is 32.0 Å². The molecular weight excluding hydrogens is 288 g/mol. The maximum absolute atomic E-state index is 13.1. The van der Waals surface area contributed by atoms with Crippen LogP contribution in [0.15, 0.2) is 24.3 Å². The summed E-state index contributed by atoms with van der Waals surface area (Å²) < 4.78 is 0. The first-order valence-electron chi connectivity index (χ1n) is 8.77. The number of carbonyl (C=O) groups excluding carboxylic acids is 2. The van der Waals surface area contributed by atoms with Crippen LogP contribution >= 0.6 is 0 Å². The zero-order valence-corrected chi connectivity index (χ0v) is 14.3. The molecule has 2 amide bonds.